The van der Waals surface area contributed by atoms with E-state index in [1.165, 1.54) is 0 Å². The number of aromatic nitrogens is 2. The molecule has 3 rings (SSSR count). The monoisotopic (exact) mass is 297 g/mol. The van der Waals surface area contributed by atoms with Gasteiger partial charge in [0.15, 0.2) is 15.5 Å². The van der Waals surface area contributed by atoms with Gasteiger partial charge in [0.25, 0.3) is 5.91 Å². The zero-order valence-corrected chi connectivity index (χ0v) is 12.4. The number of amides is 1. The number of aromatic amines is 1. The molecule has 2 heterocycles. The maximum absolute atomic E-state index is 12.5. The molecule has 2 aliphatic rings. The molecule has 1 saturated heterocycles. The van der Waals surface area contributed by atoms with E-state index >= 15 is 0 Å². The molecule has 0 radical (unpaired) electrons. The van der Waals surface area contributed by atoms with Crippen LogP contribution in [0.4, 0.5) is 0 Å². The molecule has 20 heavy (non-hydrogen) atoms. The average Bonchev–Trinajstić information content (AvgIpc) is 3.00. The summed E-state index contributed by atoms with van der Waals surface area (Å²) in [5.41, 5.74) is 2.56. The van der Waals surface area contributed by atoms with Gasteiger partial charge in [0.05, 0.1) is 11.5 Å². The second-order valence-corrected chi connectivity index (χ2v) is 7.94. The van der Waals surface area contributed by atoms with E-state index in [2.05, 4.69) is 10.2 Å². The van der Waals surface area contributed by atoms with E-state index < -0.39 is 9.84 Å². The second kappa shape index (κ2) is 4.87. The maximum Gasteiger partial charge on any atom is 0.274 e. The third kappa shape index (κ3) is 2.34. The Labute approximate surface area is 118 Å². The molecule has 6 nitrogen and oxygen atoms in total. The lowest BCUT2D eigenvalue weighted by molar-refractivity contribution is 0.0740. The van der Waals surface area contributed by atoms with Crippen LogP contribution in [0.25, 0.3) is 0 Å². The van der Waals surface area contributed by atoms with Crippen LogP contribution in [0.1, 0.15) is 41.0 Å². The standard InChI is InChI=1S/C13H19N3O3S/c1-16(9-6-7-20(18,19)8-9)13(17)12-10-4-2-3-5-11(10)14-15-12/h9H,2-8H2,1H3,(H,14,15). The highest BCUT2D eigenvalue weighted by Crippen LogP contribution is 2.24. The molecule has 1 unspecified atom stereocenters. The summed E-state index contributed by atoms with van der Waals surface area (Å²) < 4.78 is 23.1. The van der Waals surface area contributed by atoms with Crippen molar-refractivity contribution < 1.29 is 13.2 Å². The lowest BCUT2D eigenvalue weighted by Gasteiger charge is -2.23. The van der Waals surface area contributed by atoms with Crippen LogP contribution in [0.3, 0.4) is 0 Å². The minimum atomic E-state index is -2.98. The summed E-state index contributed by atoms with van der Waals surface area (Å²) in [6.07, 6.45) is 4.55. The normalized spacial score (nSPS) is 24.4. The Morgan fingerprint density at radius 2 is 2.10 bits per heavy atom. The summed E-state index contributed by atoms with van der Waals surface area (Å²) in [5.74, 6) is 0.0852. The molecule has 110 valence electrons. The van der Waals surface area contributed by atoms with Crippen LogP contribution in [0.15, 0.2) is 0 Å². The van der Waals surface area contributed by atoms with Crippen LogP contribution in [-0.2, 0) is 22.7 Å². The van der Waals surface area contributed by atoms with Crippen LogP contribution in [0.5, 0.6) is 0 Å². The molecular formula is C13H19N3O3S. The molecule has 0 spiro atoms. The number of carbonyl (C=O) groups excluding carboxylic acids is 1. The zero-order chi connectivity index (χ0) is 14.3. The number of hydrogen-bond acceptors (Lipinski definition) is 4. The Hall–Kier alpha value is -1.37. The minimum absolute atomic E-state index is 0.0713. The molecule has 1 N–H and O–H groups in total. The van der Waals surface area contributed by atoms with Gasteiger partial charge in [0, 0.05) is 24.3 Å². The van der Waals surface area contributed by atoms with E-state index in [-0.39, 0.29) is 23.5 Å². The molecule has 7 heteroatoms. The first kappa shape index (κ1) is 13.6. The van der Waals surface area contributed by atoms with Crippen LogP contribution in [0.2, 0.25) is 0 Å². The summed E-state index contributed by atoms with van der Waals surface area (Å²) in [4.78, 5) is 14.1. The number of nitrogens with one attached hydrogen (secondary N) is 1. The molecule has 0 aromatic carbocycles. The minimum Gasteiger partial charge on any atom is -0.336 e. The summed E-state index contributed by atoms with van der Waals surface area (Å²) in [5, 5.41) is 7.11. The van der Waals surface area contributed by atoms with Crippen LogP contribution >= 0.6 is 0 Å². The van der Waals surface area contributed by atoms with Gasteiger partial charge in [0.1, 0.15) is 0 Å². The fourth-order valence-electron chi connectivity index (χ4n) is 3.07. The van der Waals surface area contributed by atoms with Crippen molar-refractivity contribution in [2.24, 2.45) is 0 Å². The first-order valence-corrected chi connectivity index (χ1v) is 8.84. The molecule has 1 aliphatic heterocycles. The van der Waals surface area contributed by atoms with Gasteiger partial charge in [-0.3, -0.25) is 9.89 Å². The van der Waals surface area contributed by atoms with Crippen molar-refractivity contribution in [3.05, 3.63) is 17.0 Å². The molecule has 1 atom stereocenters. The lowest BCUT2D eigenvalue weighted by atomic mass is 9.95. The zero-order valence-electron chi connectivity index (χ0n) is 11.6. The molecule has 1 amide bonds. The van der Waals surface area contributed by atoms with E-state index in [4.69, 9.17) is 0 Å². The number of fused-ring (bicyclic) bond motifs is 1. The fourth-order valence-corrected chi connectivity index (χ4v) is 4.85. The number of aryl methyl sites for hydroxylation is 1. The molecule has 0 saturated carbocycles. The largest absolute Gasteiger partial charge is 0.336 e. The average molecular weight is 297 g/mol. The Bertz CT molecular complexity index is 635. The van der Waals surface area contributed by atoms with E-state index in [1.807, 2.05) is 0 Å². The second-order valence-electron chi connectivity index (χ2n) is 5.71. The molecule has 0 bridgehead atoms. The van der Waals surface area contributed by atoms with E-state index in [0.717, 1.165) is 36.9 Å². The fraction of sp³-hybridized carbons (Fsp3) is 0.692. The Morgan fingerprint density at radius 1 is 1.35 bits per heavy atom. The smallest absolute Gasteiger partial charge is 0.274 e. The van der Waals surface area contributed by atoms with Gasteiger partial charge in [-0.2, -0.15) is 5.10 Å². The molecule has 1 aliphatic carbocycles. The van der Waals surface area contributed by atoms with E-state index in [9.17, 15) is 13.2 Å². The first-order valence-electron chi connectivity index (χ1n) is 7.01. The van der Waals surface area contributed by atoms with Crippen molar-refractivity contribution >= 4 is 15.7 Å². The van der Waals surface area contributed by atoms with E-state index in [1.54, 1.807) is 11.9 Å². The van der Waals surface area contributed by atoms with Crippen molar-refractivity contribution in [3.63, 3.8) is 0 Å². The highest BCUT2D eigenvalue weighted by atomic mass is 32.2. The summed E-state index contributed by atoms with van der Waals surface area (Å²) in [7, 11) is -1.30. The number of nitrogens with zero attached hydrogens (tertiary/aromatic N) is 2. The highest BCUT2D eigenvalue weighted by Gasteiger charge is 2.34. The van der Waals surface area contributed by atoms with Crippen molar-refractivity contribution in [1.29, 1.82) is 0 Å². The summed E-state index contributed by atoms with van der Waals surface area (Å²) in [6, 6.07) is -0.219. The number of H-pyrrole nitrogens is 1. The number of hydrogen-bond donors (Lipinski definition) is 1. The van der Waals surface area contributed by atoms with Gasteiger partial charge < -0.3 is 4.90 Å². The van der Waals surface area contributed by atoms with Gasteiger partial charge in [-0.1, -0.05) is 0 Å². The van der Waals surface area contributed by atoms with Crippen LogP contribution in [0, 0.1) is 0 Å². The maximum atomic E-state index is 12.5. The first-order chi connectivity index (χ1) is 9.48. The highest BCUT2D eigenvalue weighted by molar-refractivity contribution is 7.91. The van der Waals surface area contributed by atoms with Gasteiger partial charge in [-0.15, -0.1) is 0 Å². The van der Waals surface area contributed by atoms with Crippen molar-refractivity contribution in [2.75, 3.05) is 18.6 Å². The van der Waals surface area contributed by atoms with Gasteiger partial charge in [-0.25, -0.2) is 8.42 Å². The predicted octanol–water partition coefficient (Wildman–Crippen LogP) is 0.548. The Morgan fingerprint density at radius 3 is 2.80 bits per heavy atom. The molecule has 1 fully saturated rings. The lowest BCUT2D eigenvalue weighted by Crippen LogP contribution is -2.38. The van der Waals surface area contributed by atoms with Crippen molar-refractivity contribution in [3.8, 4) is 0 Å². The Balaban J connectivity index is 1.81. The molecule has 1 aromatic heterocycles. The molecular weight excluding hydrogens is 278 g/mol. The third-order valence-corrected chi connectivity index (χ3v) is 6.09. The van der Waals surface area contributed by atoms with Crippen LogP contribution in [-0.4, -0.2) is 54.0 Å². The molecule has 1 aromatic rings. The predicted molar refractivity (Wildman–Crippen MR) is 74.4 cm³/mol. The van der Waals surface area contributed by atoms with Gasteiger partial charge in [-0.05, 0) is 32.1 Å². The third-order valence-electron chi connectivity index (χ3n) is 4.34. The van der Waals surface area contributed by atoms with Crippen molar-refractivity contribution in [1.82, 2.24) is 15.1 Å². The topological polar surface area (TPSA) is 83.1 Å². The van der Waals surface area contributed by atoms with Crippen molar-refractivity contribution in [2.45, 2.75) is 38.1 Å². The quantitative estimate of drug-likeness (QED) is 0.864. The van der Waals surface area contributed by atoms with Gasteiger partial charge >= 0.3 is 0 Å². The van der Waals surface area contributed by atoms with E-state index in [0.29, 0.717) is 12.1 Å². The number of sulfone groups is 1. The van der Waals surface area contributed by atoms with Crippen LogP contribution < -0.4 is 0 Å². The number of rotatable bonds is 2. The summed E-state index contributed by atoms with van der Waals surface area (Å²) in [6.45, 7) is 0. The Kier molecular flexibility index (Phi) is 3.32. The SMILES string of the molecule is CN(C(=O)c1n[nH]c2c1CCCC2)C1CCS(=O)(=O)C1. The number of carbonyl (C=O) groups is 1. The summed E-state index contributed by atoms with van der Waals surface area (Å²) >= 11 is 0. The van der Waals surface area contributed by atoms with Gasteiger partial charge in [0.2, 0.25) is 0 Å².